The molecule has 0 aliphatic heterocycles. The zero-order valence-electron chi connectivity index (χ0n) is 11.0. The lowest BCUT2D eigenvalue weighted by Gasteiger charge is -2.17. The molecule has 2 unspecified atom stereocenters. The fourth-order valence-corrected chi connectivity index (χ4v) is 2.77. The highest BCUT2D eigenvalue weighted by Crippen LogP contribution is 2.30. The number of halogens is 1. The van der Waals surface area contributed by atoms with E-state index in [0.29, 0.717) is 30.6 Å². The van der Waals surface area contributed by atoms with Gasteiger partial charge in [-0.05, 0) is 55.3 Å². The Morgan fingerprint density at radius 2 is 2.11 bits per heavy atom. The molecule has 2 N–H and O–H groups in total. The van der Waals surface area contributed by atoms with Gasteiger partial charge in [-0.1, -0.05) is 18.6 Å². The maximum atomic E-state index is 13.4. The molecule has 2 rings (SSSR count). The minimum Gasteiger partial charge on any atom is -0.396 e. The minimum atomic E-state index is -0.136. The molecule has 0 bridgehead atoms. The van der Waals surface area contributed by atoms with Crippen molar-refractivity contribution in [2.45, 2.75) is 32.7 Å². The molecular weight excluding hydrogens is 229 g/mol. The van der Waals surface area contributed by atoms with Crippen molar-refractivity contribution in [1.29, 1.82) is 0 Å². The monoisotopic (exact) mass is 251 g/mol. The van der Waals surface area contributed by atoms with Crippen LogP contribution in [0.25, 0.3) is 0 Å². The lowest BCUT2D eigenvalue weighted by molar-refractivity contribution is 0.192. The summed E-state index contributed by atoms with van der Waals surface area (Å²) < 4.78 is 13.4. The van der Waals surface area contributed by atoms with E-state index in [4.69, 9.17) is 0 Å². The molecule has 0 radical (unpaired) electrons. The molecule has 2 atom stereocenters. The summed E-state index contributed by atoms with van der Waals surface area (Å²) >= 11 is 0. The predicted molar refractivity (Wildman–Crippen MR) is 70.8 cm³/mol. The molecule has 1 aromatic carbocycles. The van der Waals surface area contributed by atoms with Crippen LogP contribution < -0.4 is 5.32 Å². The van der Waals surface area contributed by atoms with Crippen LogP contribution in [-0.2, 0) is 6.54 Å². The van der Waals surface area contributed by atoms with E-state index >= 15 is 0 Å². The molecule has 100 valence electrons. The third-order valence-electron chi connectivity index (χ3n) is 4.02. The van der Waals surface area contributed by atoms with E-state index in [1.165, 1.54) is 12.8 Å². The first-order chi connectivity index (χ1) is 8.70. The van der Waals surface area contributed by atoms with Crippen LogP contribution in [0.1, 0.15) is 30.4 Å². The Morgan fingerprint density at radius 3 is 2.83 bits per heavy atom. The van der Waals surface area contributed by atoms with Crippen molar-refractivity contribution in [2.24, 2.45) is 11.8 Å². The summed E-state index contributed by atoms with van der Waals surface area (Å²) in [7, 11) is 0. The van der Waals surface area contributed by atoms with Crippen LogP contribution in [0.15, 0.2) is 18.2 Å². The first-order valence-corrected chi connectivity index (χ1v) is 6.77. The molecular formula is C15H22FNO. The highest BCUT2D eigenvalue weighted by Gasteiger charge is 2.25. The Hall–Kier alpha value is -0.930. The van der Waals surface area contributed by atoms with Gasteiger partial charge in [-0.3, -0.25) is 0 Å². The van der Waals surface area contributed by atoms with Crippen molar-refractivity contribution < 1.29 is 9.50 Å². The molecule has 0 heterocycles. The molecule has 1 saturated carbocycles. The zero-order chi connectivity index (χ0) is 13.0. The van der Waals surface area contributed by atoms with Gasteiger partial charge in [0.2, 0.25) is 0 Å². The van der Waals surface area contributed by atoms with Gasteiger partial charge in [-0.2, -0.15) is 0 Å². The maximum absolute atomic E-state index is 13.4. The van der Waals surface area contributed by atoms with E-state index in [2.05, 4.69) is 5.32 Å². The normalized spacial score (nSPS) is 23.5. The van der Waals surface area contributed by atoms with Crippen molar-refractivity contribution in [3.8, 4) is 0 Å². The summed E-state index contributed by atoms with van der Waals surface area (Å²) in [5.74, 6) is 0.890. The molecule has 0 saturated heterocycles. The van der Waals surface area contributed by atoms with Gasteiger partial charge >= 0.3 is 0 Å². The third-order valence-corrected chi connectivity index (χ3v) is 4.02. The molecule has 1 aliphatic carbocycles. The second kappa shape index (κ2) is 6.30. The molecule has 1 aromatic rings. The molecule has 18 heavy (non-hydrogen) atoms. The van der Waals surface area contributed by atoms with Gasteiger partial charge in [0.1, 0.15) is 5.82 Å². The highest BCUT2D eigenvalue weighted by molar-refractivity contribution is 5.23. The van der Waals surface area contributed by atoms with Crippen molar-refractivity contribution in [3.63, 3.8) is 0 Å². The second-order valence-corrected chi connectivity index (χ2v) is 5.35. The Labute approximate surface area is 108 Å². The first-order valence-electron chi connectivity index (χ1n) is 6.77. The van der Waals surface area contributed by atoms with Crippen molar-refractivity contribution >= 4 is 0 Å². The summed E-state index contributed by atoms with van der Waals surface area (Å²) in [4.78, 5) is 0. The number of hydrogen-bond donors (Lipinski definition) is 2. The fraction of sp³-hybridized carbons (Fsp3) is 0.600. The van der Waals surface area contributed by atoms with Gasteiger partial charge in [0.05, 0.1) is 0 Å². The summed E-state index contributed by atoms with van der Waals surface area (Å²) in [6, 6.07) is 5.38. The summed E-state index contributed by atoms with van der Waals surface area (Å²) in [6.07, 6.45) is 3.55. The molecule has 0 aromatic heterocycles. The van der Waals surface area contributed by atoms with Crippen molar-refractivity contribution in [3.05, 3.63) is 35.1 Å². The number of benzene rings is 1. The number of aliphatic hydroxyl groups excluding tert-OH is 1. The van der Waals surface area contributed by atoms with Crippen LogP contribution in [0.5, 0.6) is 0 Å². The molecule has 3 heteroatoms. The fourth-order valence-electron chi connectivity index (χ4n) is 2.77. The zero-order valence-corrected chi connectivity index (χ0v) is 11.0. The maximum Gasteiger partial charge on any atom is 0.126 e. The molecule has 0 amide bonds. The molecule has 2 nitrogen and oxygen atoms in total. The first kappa shape index (κ1) is 13.5. The lowest BCUT2D eigenvalue weighted by atomic mass is 9.97. The van der Waals surface area contributed by atoms with E-state index < -0.39 is 0 Å². The van der Waals surface area contributed by atoms with Gasteiger partial charge in [0.25, 0.3) is 0 Å². The second-order valence-electron chi connectivity index (χ2n) is 5.35. The van der Waals surface area contributed by atoms with Crippen LogP contribution in [0.2, 0.25) is 0 Å². The quantitative estimate of drug-likeness (QED) is 0.843. The summed E-state index contributed by atoms with van der Waals surface area (Å²) in [5.41, 5.74) is 1.67. The van der Waals surface area contributed by atoms with Gasteiger partial charge in [-0.25, -0.2) is 4.39 Å². The van der Waals surface area contributed by atoms with E-state index in [1.807, 2.05) is 12.1 Å². The number of hydrogen-bond acceptors (Lipinski definition) is 2. The van der Waals surface area contributed by atoms with Gasteiger partial charge in [0.15, 0.2) is 0 Å². The topological polar surface area (TPSA) is 32.3 Å². The molecule has 1 fully saturated rings. The Balaban J connectivity index is 1.79. The van der Waals surface area contributed by atoms with Crippen LogP contribution >= 0.6 is 0 Å². The lowest BCUT2D eigenvalue weighted by Crippen LogP contribution is -2.26. The number of rotatable bonds is 5. The van der Waals surface area contributed by atoms with Gasteiger partial charge in [-0.15, -0.1) is 0 Å². The average Bonchev–Trinajstić information content (AvgIpc) is 2.81. The number of aliphatic hydroxyl groups is 1. The van der Waals surface area contributed by atoms with Gasteiger partial charge in [0, 0.05) is 13.2 Å². The van der Waals surface area contributed by atoms with E-state index in [1.54, 1.807) is 13.0 Å². The van der Waals surface area contributed by atoms with E-state index in [-0.39, 0.29) is 5.82 Å². The third kappa shape index (κ3) is 3.30. The molecule has 0 spiro atoms. The van der Waals surface area contributed by atoms with Crippen LogP contribution in [0.3, 0.4) is 0 Å². The number of nitrogens with one attached hydrogen (secondary N) is 1. The van der Waals surface area contributed by atoms with Crippen molar-refractivity contribution in [1.82, 2.24) is 5.32 Å². The Morgan fingerprint density at radius 1 is 1.33 bits per heavy atom. The van der Waals surface area contributed by atoms with Crippen LogP contribution in [-0.4, -0.2) is 18.3 Å². The van der Waals surface area contributed by atoms with Crippen molar-refractivity contribution in [2.75, 3.05) is 13.2 Å². The van der Waals surface area contributed by atoms with E-state index in [9.17, 15) is 9.50 Å². The SMILES string of the molecule is Cc1ccc(CNCC2CCCC2CO)cc1F. The minimum absolute atomic E-state index is 0.136. The molecule has 1 aliphatic rings. The predicted octanol–water partition coefficient (Wildman–Crippen LogP) is 2.63. The van der Waals surface area contributed by atoms with Gasteiger partial charge < -0.3 is 10.4 Å². The van der Waals surface area contributed by atoms with Crippen LogP contribution in [0, 0.1) is 24.6 Å². The summed E-state index contributed by atoms with van der Waals surface area (Å²) in [5, 5.41) is 12.6. The smallest absolute Gasteiger partial charge is 0.126 e. The summed E-state index contributed by atoms with van der Waals surface area (Å²) in [6.45, 7) is 3.69. The Bertz CT molecular complexity index is 394. The number of aryl methyl sites for hydroxylation is 1. The van der Waals surface area contributed by atoms with E-state index in [0.717, 1.165) is 18.5 Å². The Kier molecular flexibility index (Phi) is 4.72. The average molecular weight is 251 g/mol. The standard InChI is InChI=1S/C15H22FNO/c1-11-5-6-12(7-15(11)16)8-17-9-13-3-2-4-14(13)10-18/h5-7,13-14,17-18H,2-4,8-10H2,1H3. The highest BCUT2D eigenvalue weighted by atomic mass is 19.1. The van der Waals surface area contributed by atoms with Crippen LogP contribution in [0.4, 0.5) is 4.39 Å². The largest absolute Gasteiger partial charge is 0.396 e.